The van der Waals surface area contributed by atoms with Crippen molar-refractivity contribution in [1.82, 2.24) is 0 Å². The number of hydrogen-bond acceptors (Lipinski definition) is 0. The maximum Gasteiger partial charge on any atom is 0.166 e. The normalized spacial score (nSPS) is 10.6. The number of benzene rings is 2. The van der Waals surface area contributed by atoms with Gasteiger partial charge in [0, 0.05) is 21.5 Å². The van der Waals surface area contributed by atoms with Gasteiger partial charge in [-0.2, -0.15) is 0 Å². The Morgan fingerprint density at radius 1 is 1.06 bits per heavy atom. The molecule has 0 heterocycles. The van der Waals surface area contributed by atoms with Gasteiger partial charge in [0.1, 0.15) is 0 Å². The van der Waals surface area contributed by atoms with Gasteiger partial charge in [-0.15, -0.1) is 0 Å². The summed E-state index contributed by atoms with van der Waals surface area (Å²) >= 11 is 9.36. The summed E-state index contributed by atoms with van der Waals surface area (Å²) in [6, 6.07) is 9.29. The third-order valence-corrected chi connectivity index (χ3v) is 3.39. The molecule has 4 heteroatoms. The van der Waals surface area contributed by atoms with Crippen LogP contribution in [0, 0.1) is 11.6 Å². The van der Waals surface area contributed by atoms with Crippen LogP contribution in [0.25, 0.3) is 11.1 Å². The highest BCUT2D eigenvalue weighted by molar-refractivity contribution is 9.08. The Balaban J connectivity index is 2.57. The molecule has 0 unspecified atom stereocenters. The van der Waals surface area contributed by atoms with E-state index in [0.717, 1.165) is 11.6 Å². The van der Waals surface area contributed by atoms with E-state index in [1.165, 1.54) is 12.1 Å². The first-order valence-corrected chi connectivity index (χ1v) is 6.42. The van der Waals surface area contributed by atoms with E-state index in [-0.39, 0.29) is 5.56 Å². The molecule has 2 aromatic carbocycles. The minimum atomic E-state index is -0.874. The van der Waals surface area contributed by atoms with Gasteiger partial charge in [-0.1, -0.05) is 51.8 Å². The maximum absolute atomic E-state index is 13.6. The van der Waals surface area contributed by atoms with Crippen LogP contribution in [0.3, 0.4) is 0 Å². The molecule has 0 saturated carbocycles. The molecule has 0 spiro atoms. The van der Waals surface area contributed by atoms with Crippen LogP contribution >= 0.6 is 27.5 Å². The second kappa shape index (κ2) is 5.15. The van der Waals surface area contributed by atoms with Crippen molar-refractivity contribution in [3.8, 4) is 11.1 Å². The zero-order valence-corrected chi connectivity index (χ0v) is 11.0. The average Bonchev–Trinajstić information content (AvgIpc) is 2.33. The molecule has 0 radical (unpaired) electrons. The lowest BCUT2D eigenvalue weighted by molar-refractivity contribution is 0.511. The Kier molecular flexibility index (Phi) is 3.79. The predicted molar refractivity (Wildman–Crippen MR) is 69.4 cm³/mol. The van der Waals surface area contributed by atoms with Crippen LogP contribution in [0.15, 0.2) is 36.4 Å². The second-order valence-corrected chi connectivity index (χ2v) is 4.52. The first-order chi connectivity index (χ1) is 8.13. The van der Waals surface area contributed by atoms with E-state index in [1.807, 2.05) is 6.07 Å². The topological polar surface area (TPSA) is 0 Å². The predicted octanol–water partition coefficient (Wildman–Crippen LogP) is 5.18. The van der Waals surface area contributed by atoms with Crippen LogP contribution in [0.2, 0.25) is 5.02 Å². The van der Waals surface area contributed by atoms with E-state index in [9.17, 15) is 8.78 Å². The summed E-state index contributed by atoms with van der Waals surface area (Å²) in [5.41, 5.74) is 1.65. The van der Waals surface area contributed by atoms with Crippen molar-refractivity contribution in [1.29, 1.82) is 0 Å². The molecular weight excluding hydrogens is 309 g/mol. The Labute approximate surface area is 111 Å². The molecule has 0 bridgehead atoms. The first-order valence-electron chi connectivity index (χ1n) is 4.92. The Hall–Kier alpha value is -0.930. The lowest BCUT2D eigenvalue weighted by Crippen LogP contribution is -1.90. The van der Waals surface area contributed by atoms with Crippen molar-refractivity contribution < 1.29 is 8.78 Å². The minimum absolute atomic E-state index is 0.177. The van der Waals surface area contributed by atoms with Crippen LogP contribution in [-0.2, 0) is 5.33 Å². The largest absolute Gasteiger partial charge is 0.204 e. The van der Waals surface area contributed by atoms with Gasteiger partial charge in [0.2, 0.25) is 0 Å². The number of alkyl halides is 1. The highest BCUT2D eigenvalue weighted by Crippen LogP contribution is 2.31. The molecule has 0 N–H and O–H groups in total. The number of hydrogen-bond donors (Lipinski definition) is 0. The molecule has 0 amide bonds. The molecule has 0 aromatic heterocycles. The molecule has 0 atom stereocenters. The zero-order valence-electron chi connectivity index (χ0n) is 8.68. The fourth-order valence-electron chi connectivity index (χ4n) is 1.57. The first kappa shape index (κ1) is 12.5. The summed E-state index contributed by atoms with van der Waals surface area (Å²) in [6.45, 7) is 0. The van der Waals surface area contributed by atoms with E-state index in [4.69, 9.17) is 11.6 Å². The summed E-state index contributed by atoms with van der Waals surface area (Å²) < 4.78 is 26.7. The number of halogens is 4. The van der Waals surface area contributed by atoms with Crippen molar-refractivity contribution in [2.24, 2.45) is 0 Å². The van der Waals surface area contributed by atoms with E-state index < -0.39 is 11.6 Å². The molecule has 88 valence electrons. The van der Waals surface area contributed by atoms with Crippen molar-refractivity contribution in [3.63, 3.8) is 0 Å². The lowest BCUT2D eigenvalue weighted by Gasteiger charge is -2.07. The third-order valence-electron chi connectivity index (χ3n) is 2.43. The van der Waals surface area contributed by atoms with Gasteiger partial charge in [-0.25, -0.2) is 8.78 Å². The van der Waals surface area contributed by atoms with Gasteiger partial charge in [0.05, 0.1) is 0 Å². The third kappa shape index (κ3) is 2.50. The molecule has 0 aliphatic carbocycles. The quantitative estimate of drug-likeness (QED) is 0.669. The van der Waals surface area contributed by atoms with E-state index in [2.05, 4.69) is 15.9 Å². The fourth-order valence-corrected chi connectivity index (χ4v) is 2.23. The molecule has 0 fully saturated rings. The van der Waals surface area contributed by atoms with Gasteiger partial charge in [0.15, 0.2) is 11.6 Å². The molecular formula is C13H8BrClF2. The Morgan fingerprint density at radius 2 is 1.82 bits per heavy atom. The highest BCUT2D eigenvalue weighted by Gasteiger charge is 2.12. The van der Waals surface area contributed by atoms with Gasteiger partial charge < -0.3 is 0 Å². The lowest BCUT2D eigenvalue weighted by atomic mass is 10.0. The molecule has 2 rings (SSSR count). The van der Waals surface area contributed by atoms with Gasteiger partial charge in [-0.05, 0) is 17.7 Å². The Bertz CT molecular complexity index is 555. The number of rotatable bonds is 2. The summed E-state index contributed by atoms with van der Waals surface area (Å²) in [7, 11) is 0. The van der Waals surface area contributed by atoms with Crippen molar-refractivity contribution >= 4 is 27.5 Å². The van der Waals surface area contributed by atoms with Crippen LogP contribution in [0.5, 0.6) is 0 Å². The molecule has 0 aliphatic heterocycles. The van der Waals surface area contributed by atoms with Crippen LogP contribution in [0.1, 0.15) is 5.56 Å². The second-order valence-electron chi connectivity index (χ2n) is 3.55. The SMILES string of the molecule is Fc1cccc(-c2ccc(CBr)cc2Cl)c1F. The highest BCUT2D eigenvalue weighted by atomic mass is 79.9. The van der Waals surface area contributed by atoms with Gasteiger partial charge in [-0.3, -0.25) is 0 Å². The molecule has 17 heavy (non-hydrogen) atoms. The van der Waals surface area contributed by atoms with E-state index >= 15 is 0 Å². The van der Waals surface area contributed by atoms with Crippen molar-refractivity contribution in [2.75, 3.05) is 0 Å². The molecule has 2 aromatic rings. The van der Waals surface area contributed by atoms with E-state index in [0.29, 0.717) is 15.9 Å². The molecule has 0 aliphatic rings. The minimum Gasteiger partial charge on any atom is -0.204 e. The standard InChI is InChI=1S/C13H8BrClF2/c14-7-8-4-5-9(11(15)6-8)10-2-1-3-12(16)13(10)17/h1-6H,7H2. The van der Waals surface area contributed by atoms with Gasteiger partial charge >= 0.3 is 0 Å². The van der Waals surface area contributed by atoms with Crippen molar-refractivity contribution in [3.05, 3.63) is 58.6 Å². The van der Waals surface area contributed by atoms with Crippen LogP contribution in [0.4, 0.5) is 8.78 Å². The van der Waals surface area contributed by atoms with Crippen molar-refractivity contribution in [2.45, 2.75) is 5.33 Å². The Morgan fingerprint density at radius 3 is 2.47 bits per heavy atom. The molecule has 0 saturated heterocycles. The summed E-state index contributed by atoms with van der Waals surface area (Å²) in [4.78, 5) is 0. The monoisotopic (exact) mass is 316 g/mol. The maximum atomic E-state index is 13.6. The smallest absolute Gasteiger partial charge is 0.166 e. The van der Waals surface area contributed by atoms with Crippen LogP contribution < -0.4 is 0 Å². The van der Waals surface area contributed by atoms with E-state index in [1.54, 1.807) is 12.1 Å². The van der Waals surface area contributed by atoms with Crippen LogP contribution in [-0.4, -0.2) is 0 Å². The summed E-state index contributed by atoms with van der Waals surface area (Å²) in [5, 5.41) is 1.07. The van der Waals surface area contributed by atoms with Gasteiger partial charge in [0.25, 0.3) is 0 Å². The summed E-state index contributed by atoms with van der Waals surface area (Å²) in [5.74, 6) is -1.75. The molecule has 0 nitrogen and oxygen atoms in total. The summed E-state index contributed by atoms with van der Waals surface area (Å²) in [6.07, 6.45) is 0. The zero-order chi connectivity index (χ0) is 12.4. The average molecular weight is 318 g/mol. The fraction of sp³-hybridized carbons (Fsp3) is 0.0769.